The fraction of sp³-hybridized carbons (Fsp3) is 0.435. The first-order valence-corrected chi connectivity index (χ1v) is 9.61. The van der Waals surface area contributed by atoms with Crippen molar-refractivity contribution >= 4 is 5.91 Å². The van der Waals surface area contributed by atoms with E-state index in [9.17, 15) is 4.79 Å². The van der Waals surface area contributed by atoms with Gasteiger partial charge in [-0.15, -0.1) is 0 Å². The summed E-state index contributed by atoms with van der Waals surface area (Å²) in [6, 6.07) is 14.4. The van der Waals surface area contributed by atoms with E-state index in [1.54, 1.807) is 0 Å². The molecule has 0 saturated heterocycles. The van der Waals surface area contributed by atoms with Crippen LogP contribution in [0.2, 0.25) is 0 Å². The number of ether oxygens (including phenoxy) is 2. The molecule has 0 spiro atoms. The maximum atomic E-state index is 12.3. The Morgan fingerprint density at radius 2 is 1.70 bits per heavy atom. The predicted molar refractivity (Wildman–Crippen MR) is 107 cm³/mol. The average molecular weight is 367 g/mol. The van der Waals surface area contributed by atoms with E-state index in [-0.39, 0.29) is 17.4 Å². The maximum absolute atomic E-state index is 12.3. The summed E-state index contributed by atoms with van der Waals surface area (Å²) < 4.78 is 11.1. The second-order valence-electron chi connectivity index (χ2n) is 8.14. The number of rotatable bonds is 5. The molecule has 0 fully saturated rings. The van der Waals surface area contributed by atoms with Crippen molar-refractivity contribution in [2.24, 2.45) is 0 Å². The largest absolute Gasteiger partial charge is 0.486 e. The molecule has 0 bridgehead atoms. The maximum Gasteiger partial charge on any atom is 0.220 e. The summed E-state index contributed by atoms with van der Waals surface area (Å²) in [5.41, 5.74) is 3.63. The Bertz CT molecular complexity index is 790. The number of nitrogens with one attached hydrogen (secondary N) is 1. The first-order valence-electron chi connectivity index (χ1n) is 9.61. The van der Waals surface area contributed by atoms with Crippen molar-refractivity contribution in [3.63, 3.8) is 0 Å². The monoisotopic (exact) mass is 367 g/mol. The number of benzene rings is 2. The van der Waals surface area contributed by atoms with Gasteiger partial charge in [-0.25, -0.2) is 0 Å². The number of carbonyl (C=O) groups is 1. The third-order valence-electron chi connectivity index (χ3n) is 4.90. The van der Waals surface area contributed by atoms with Crippen LogP contribution < -0.4 is 14.8 Å². The van der Waals surface area contributed by atoms with Crippen molar-refractivity contribution in [3.8, 4) is 11.5 Å². The van der Waals surface area contributed by atoms with Gasteiger partial charge in [-0.3, -0.25) is 4.79 Å². The number of hydrogen-bond donors (Lipinski definition) is 1. The van der Waals surface area contributed by atoms with Crippen LogP contribution in [0.15, 0.2) is 42.5 Å². The van der Waals surface area contributed by atoms with Gasteiger partial charge in [0.2, 0.25) is 5.91 Å². The van der Waals surface area contributed by atoms with Crippen molar-refractivity contribution < 1.29 is 14.3 Å². The second-order valence-corrected chi connectivity index (χ2v) is 8.14. The summed E-state index contributed by atoms with van der Waals surface area (Å²) in [5, 5.41) is 3.09. The molecule has 4 heteroatoms. The molecular formula is C23H29NO3. The van der Waals surface area contributed by atoms with Crippen LogP contribution in [0, 0.1) is 0 Å². The number of carbonyl (C=O) groups excluding carboxylic acids is 1. The van der Waals surface area contributed by atoms with E-state index < -0.39 is 0 Å². The first kappa shape index (κ1) is 19.3. The molecule has 0 unspecified atom stereocenters. The van der Waals surface area contributed by atoms with Gasteiger partial charge in [-0.1, -0.05) is 51.1 Å². The van der Waals surface area contributed by atoms with E-state index in [1.807, 2.05) is 25.1 Å². The van der Waals surface area contributed by atoms with E-state index in [0.717, 1.165) is 22.6 Å². The van der Waals surface area contributed by atoms with E-state index in [0.29, 0.717) is 26.1 Å². The molecule has 0 aromatic heterocycles. The summed E-state index contributed by atoms with van der Waals surface area (Å²) in [7, 11) is 0. The molecule has 1 atom stereocenters. The highest BCUT2D eigenvalue weighted by Crippen LogP contribution is 2.31. The minimum absolute atomic E-state index is 0.00761. The van der Waals surface area contributed by atoms with Gasteiger partial charge in [0.05, 0.1) is 6.04 Å². The van der Waals surface area contributed by atoms with E-state index >= 15 is 0 Å². The molecule has 2 aromatic carbocycles. The fourth-order valence-corrected chi connectivity index (χ4v) is 3.17. The Morgan fingerprint density at radius 1 is 1.04 bits per heavy atom. The first-order chi connectivity index (χ1) is 12.8. The van der Waals surface area contributed by atoms with Gasteiger partial charge in [0.25, 0.3) is 0 Å². The van der Waals surface area contributed by atoms with E-state index in [2.05, 4.69) is 50.4 Å². The van der Waals surface area contributed by atoms with Crippen LogP contribution in [0.1, 0.15) is 56.8 Å². The fourth-order valence-electron chi connectivity index (χ4n) is 3.17. The number of amides is 1. The Morgan fingerprint density at radius 3 is 2.37 bits per heavy atom. The van der Waals surface area contributed by atoms with Crippen LogP contribution in [0.4, 0.5) is 0 Å². The van der Waals surface area contributed by atoms with Crippen LogP contribution in [-0.4, -0.2) is 19.1 Å². The quantitative estimate of drug-likeness (QED) is 0.842. The van der Waals surface area contributed by atoms with Gasteiger partial charge < -0.3 is 14.8 Å². The third kappa shape index (κ3) is 5.03. The zero-order chi connectivity index (χ0) is 19.4. The third-order valence-corrected chi connectivity index (χ3v) is 4.90. The van der Waals surface area contributed by atoms with Gasteiger partial charge >= 0.3 is 0 Å². The van der Waals surface area contributed by atoms with Crippen LogP contribution >= 0.6 is 0 Å². The highest BCUT2D eigenvalue weighted by Gasteiger charge is 2.16. The summed E-state index contributed by atoms with van der Waals surface area (Å²) in [6.45, 7) is 9.78. The zero-order valence-electron chi connectivity index (χ0n) is 16.7. The summed E-state index contributed by atoms with van der Waals surface area (Å²) in [6.07, 6.45) is 1.13. The lowest BCUT2D eigenvalue weighted by Crippen LogP contribution is -2.27. The smallest absolute Gasteiger partial charge is 0.220 e. The molecule has 0 aliphatic carbocycles. The number of hydrogen-bond acceptors (Lipinski definition) is 3. The Hall–Kier alpha value is -2.49. The van der Waals surface area contributed by atoms with Gasteiger partial charge in [-0.05, 0) is 47.6 Å². The minimum atomic E-state index is -0.00761. The van der Waals surface area contributed by atoms with E-state index in [4.69, 9.17) is 9.47 Å². The Balaban J connectivity index is 1.53. The van der Waals surface area contributed by atoms with Crippen molar-refractivity contribution in [2.75, 3.05) is 13.2 Å². The van der Waals surface area contributed by atoms with Crippen molar-refractivity contribution in [1.82, 2.24) is 5.32 Å². The lowest BCUT2D eigenvalue weighted by Gasteiger charge is -2.21. The van der Waals surface area contributed by atoms with Crippen LogP contribution in [0.3, 0.4) is 0 Å². The minimum Gasteiger partial charge on any atom is -0.486 e. The Kier molecular flexibility index (Phi) is 5.73. The van der Waals surface area contributed by atoms with Crippen LogP contribution in [-0.2, 0) is 16.6 Å². The highest BCUT2D eigenvalue weighted by atomic mass is 16.6. The van der Waals surface area contributed by atoms with E-state index in [1.165, 1.54) is 5.56 Å². The second kappa shape index (κ2) is 8.03. The van der Waals surface area contributed by atoms with Gasteiger partial charge in [0.1, 0.15) is 13.2 Å². The van der Waals surface area contributed by atoms with Gasteiger partial charge in [-0.2, -0.15) is 0 Å². The van der Waals surface area contributed by atoms with Crippen molar-refractivity contribution in [1.29, 1.82) is 0 Å². The highest BCUT2D eigenvalue weighted by molar-refractivity contribution is 5.76. The molecule has 1 aliphatic rings. The summed E-state index contributed by atoms with van der Waals surface area (Å²) >= 11 is 0. The van der Waals surface area contributed by atoms with Crippen molar-refractivity contribution in [3.05, 3.63) is 59.2 Å². The molecule has 27 heavy (non-hydrogen) atoms. The molecule has 1 heterocycles. The molecule has 1 N–H and O–H groups in total. The lowest BCUT2D eigenvalue weighted by atomic mass is 9.86. The molecule has 0 saturated carbocycles. The lowest BCUT2D eigenvalue weighted by molar-refractivity contribution is -0.121. The molecular weight excluding hydrogens is 338 g/mol. The SMILES string of the molecule is C[C@@H](NC(=O)CCc1ccc2c(c1)OCCO2)c1ccc(C(C)(C)C)cc1. The molecule has 0 radical (unpaired) electrons. The molecule has 2 aromatic rings. The van der Waals surface area contributed by atoms with Gasteiger partial charge in [0.15, 0.2) is 11.5 Å². The summed E-state index contributed by atoms with van der Waals surface area (Å²) in [5.74, 6) is 1.60. The average Bonchev–Trinajstić information content (AvgIpc) is 2.65. The number of fused-ring (bicyclic) bond motifs is 1. The molecule has 4 nitrogen and oxygen atoms in total. The topological polar surface area (TPSA) is 47.6 Å². The molecule has 144 valence electrons. The molecule has 3 rings (SSSR count). The zero-order valence-corrected chi connectivity index (χ0v) is 16.7. The van der Waals surface area contributed by atoms with Crippen LogP contribution in [0.25, 0.3) is 0 Å². The standard InChI is InChI=1S/C23H29NO3/c1-16(18-7-9-19(10-8-18)23(2,3)4)24-22(25)12-6-17-5-11-20-21(15-17)27-14-13-26-20/h5,7-11,15-16H,6,12-14H2,1-4H3,(H,24,25)/t16-/m1/s1. The normalized spacial score (nSPS) is 14.5. The molecule has 1 amide bonds. The summed E-state index contributed by atoms with van der Waals surface area (Å²) in [4.78, 5) is 12.3. The Labute approximate surface area is 161 Å². The van der Waals surface area contributed by atoms with Gasteiger partial charge in [0, 0.05) is 6.42 Å². The predicted octanol–water partition coefficient (Wildman–Crippen LogP) is 4.57. The van der Waals surface area contributed by atoms with Crippen LogP contribution in [0.5, 0.6) is 11.5 Å². The molecule has 1 aliphatic heterocycles. The number of aryl methyl sites for hydroxylation is 1. The van der Waals surface area contributed by atoms with Crippen molar-refractivity contribution in [2.45, 2.75) is 52.0 Å².